The highest BCUT2D eigenvalue weighted by Gasteiger charge is 2.53. The monoisotopic (exact) mass is 240 g/mol. The zero-order valence-electron chi connectivity index (χ0n) is 11.0. The topological polar surface area (TPSA) is 31.0 Å². The molecule has 1 spiro atoms. The first kappa shape index (κ1) is 13.1. The Morgan fingerprint density at radius 3 is 1.94 bits per heavy atom. The van der Waals surface area contributed by atoms with Crippen LogP contribution in [0, 0.1) is 0 Å². The van der Waals surface area contributed by atoms with Crippen LogP contribution in [0.25, 0.3) is 0 Å². The number of allylic oxidation sites excluding steroid dienone is 1. The van der Waals surface area contributed by atoms with Crippen LogP contribution >= 0.6 is 0 Å². The SMILES string of the molecule is CC1OC12CCOCC2.CC=C1CCOCC1. The smallest absolute Gasteiger partial charge is 0.0989 e. The Hall–Kier alpha value is -0.380. The van der Waals surface area contributed by atoms with Crippen molar-refractivity contribution < 1.29 is 14.2 Å². The molecule has 3 fully saturated rings. The molecule has 3 heterocycles. The lowest BCUT2D eigenvalue weighted by Gasteiger charge is -2.18. The quantitative estimate of drug-likeness (QED) is 0.482. The molecule has 0 aromatic carbocycles. The van der Waals surface area contributed by atoms with Crippen LogP contribution in [0.5, 0.6) is 0 Å². The number of ether oxygens (including phenoxy) is 3. The van der Waals surface area contributed by atoms with E-state index < -0.39 is 0 Å². The van der Waals surface area contributed by atoms with E-state index in [-0.39, 0.29) is 5.60 Å². The molecule has 0 aromatic rings. The van der Waals surface area contributed by atoms with E-state index in [1.54, 1.807) is 5.57 Å². The van der Waals surface area contributed by atoms with Crippen molar-refractivity contribution in [1.29, 1.82) is 0 Å². The van der Waals surface area contributed by atoms with E-state index >= 15 is 0 Å². The predicted molar refractivity (Wildman–Crippen MR) is 67.1 cm³/mol. The molecule has 0 amide bonds. The van der Waals surface area contributed by atoms with Crippen LogP contribution in [0.2, 0.25) is 0 Å². The van der Waals surface area contributed by atoms with Gasteiger partial charge < -0.3 is 14.2 Å². The largest absolute Gasteiger partial charge is 0.381 e. The molecule has 3 saturated heterocycles. The molecule has 0 bridgehead atoms. The number of hydrogen-bond acceptors (Lipinski definition) is 3. The third-order valence-electron chi connectivity index (χ3n) is 3.98. The second kappa shape index (κ2) is 5.98. The molecule has 98 valence electrons. The van der Waals surface area contributed by atoms with Crippen LogP contribution in [-0.4, -0.2) is 38.1 Å². The summed E-state index contributed by atoms with van der Waals surface area (Å²) in [6, 6.07) is 0. The lowest BCUT2D eigenvalue weighted by molar-refractivity contribution is 0.0494. The molecule has 3 aliphatic heterocycles. The third-order valence-corrected chi connectivity index (χ3v) is 3.98. The summed E-state index contributed by atoms with van der Waals surface area (Å²) >= 11 is 0. The lowest BCUT2D eigenvalue weighted by atomic mass is 9.97. The Balaban J connectivity index is 0.000000128. The average Bonchev–Trinajstić information content (AvgIpc) is 3.01. The summed E-state index contributed by atoms with van der Waals surface area (Å²) in [5.74, 6) is 0. The molecule has 0 aromatic heterocycles. The number of hydrogen-bond donors (Lipinski definition) is 0. The van der Waals surface area contributed by atoms with Crippen LogP contribution in [0.1, 0.15) is 39.5 Å². The minimum Gasteiger partial charge on any atom is -0.381 e. The second-order valence-corrected chi connectivity index (χ2v) is 5.00. The lowest BCUT2D eigenvalue weighted by Crippen LogP contribution is -2.25. The zero-order valence-corrected chi connectivity index (χ0v) is 11.0. The minimum atomic E-state index is 0.262. The highest BCUT2D eigenvalue weighted by atomic mass is 16.6. The summed E-state index contributed by atoms with van der Waals surface area (Å²) in [7, 11) is 0. The van der Waals surface area contributed by atoms with Gasteiger partial charge in [-0.05, 0) is 26.7 Å². The summed E-state index contributed by atoms with van der Waals surface area (Å²) < 4.78 is 15.8. The molecule has 0 aliphatic carbocycles. The van der Waals surface area contributed by atoms with Gasteiger partial charge in [0, 0.05) is 26.1 Å². The summed E-state index contributed by atoms with van der Waals surface area (Å²) in [4.78, 5) is 0. The van der Waals surface area contributed by atoms with Crippen molar-refractivity contribution in [3.8, 4) is 0 Å². The van der Waals surface area contributed by atoms with Crippen LogP contribution in [0.4, 0.5) is 0 Å². The van der Waals surface area contributed by atoms with E-state index in [1.807, 2.05) is 0 Å². The van der Waals surface area contributed by atoms with E-state index in [2.05, 4.69) is 19.9 Å². The summed E-state index contributed by atoms with van der Waals surface area (Å²) in [6.07, 6.45) is 7.21. The Morgan fingerprint density at radius 1 is 1.06 bits per heavy atom. The van der Waals surface area contributed by atoms with Crippen LogP contribution < -0.4 is 0 Å². The van der Waals surface area contributed by atoms with E-state index in [0.29, 0.717) is 6.10 Å². The first-order valence-corrected chi connectivity index (χ1v) is 6.74. The van der Waals surface area contributed by atoms with Crippen LogP contribution in [-0.2, 0) is 14.2 Å². The molecular formula is C14H24O3. The van der Waals surface area contributed by atoms with Gasteiger partial charge in [0.15, 0.2) is 0 Å². The van der Waals surface area contributed by atoms with Crippen molar-refractivity contribution in [2.45, 2.75) is 51.2 Å². The van der Waals surface area contributed by atoms with Crippen molar-refractivity contribution in [3.63, 3.8) is 0 Å². The first-order chi connectivity index (χ1) is 8.27. The van der Waals surface area contributed by atoms with Crippen LogP contribution in [0.3, 0.4) is 0 Å². The maximum atomic E-state index is 5.47. The minimum absolute atomic E-state index is 0.262. The van der Waals surface area contributed by atoms with Gasteiger partial charge in [-0.2, -0.15) is 0 Å². The van der Waals surface area contributed by atoms with Gasteiger partial charge in [0.2, 0.25) is 0 Å². The summed E-state index contributed by atoms with van der Waals surface area (Å²) in [5, 5.41) is 0. The molecule has 0 N–H and O–H groups in total. The third kappa shape index (κ3) is 3.54. The highest BCUT2D eigenvalue weighted by molar-refractivity contribution is 5.01. The van der Waals surface area contributed by atoms with Crippen molar-refractivity contribution in [2.24, 2.45) is 0 Å². The fourth-order valence-electron chi connectivity index (χ4n) is 2.48. The molecule has 3 nitrogen and oxygen atoms in total. The van der Waals surface area contributed by atoms with Gasteiger partial charge in [0.1, 0.15) is 0 Å². The average molecular weight is 240 g/mol. The van der Waals surface area contributed by atoms with Gasteiger partial charge in [0.05, 0.1) is 24.9 Å². The van der Waals surface area contributed by atoms with Crippen LogP contribution in [0.15, 0.2) is 11.6 Å². The fourth-order valence-corrected chi connectivity index (χ4v) is 2.48. The summed E-state index contributed by atoms with van der Waals surface area (Å²) in [6.45, 7) is 7.89. The fraction of sp³-hybridized carbons (Fsp3) is 0.857. The van der Waals surface area contributed by atoms with Gasteiger partial charge in [-0.15, -0.1) is 0 Å². The van der Waals surface area contributed by atoms with Gasteiger partial charge in [-0.1, -0.05) is 11.6 Å². The van der Waals surface area contributed by atoms with Crippen molar-refractivity contribution in [2.75, 3.05) is 26.4 Å². The molecule has 1 atom stereocenters. The molecule has 17 heavy (non-hydrogen) atoms. The van der Waals surface area contributed by atoms with E-state index in [0.717, 1.165) is 52.1 Å². The van der Waals surface area contributed by atoms with Gasteiger partial charge in [-0.3, -0.25) is 0 Å². The Labute approximate surface area is 104 Å². The maximum absolute atomic E-state index is 5.47. The molecule has 3 heteroatoms. The molecule has 1 unspecified atom stereocenters. The Kier molecular flexibility index (Phi) is 4.60. The standard InChI is InChI=1S/C7H12O2.C7H12O/c1-6-7(9-6)2-4-8-5-3-7;1-2-7-3-5-8-6-4-7/h6H,2-5H2,1H3;2H,3-6H2,1H3. The van der Waals surface area contributed by atoms with Crippen molar-refractivity contribution >= 4 is 0 Å². The Bertz CT molecular complexity index is 259. The van der Waals surface area contributed by atoms with Crippen molar-refractivity contribution in [1.82, 2.24) is 0 Å². The molecule has 3 rings (SSSR count). The Morgan fingerprint density at radius 2 is 1.59 bits per heavy atom. The normalized spacial score (nSPS) is 30.5. The molecule has 3 aliphatic rings. The second-order valence-electron chi connectivity index (χ2n) is 5.00. The maximum Gasteiger partial charge on any atom is 0.0989 e. The molecule has 0 saturated carbocycles. The van der Waals surface area contributed by atoms with Crippen molar-refractivity contribution in [3.05, 3.63) is 11.6 Å². The summed E-state index contributed by atoms with van der Waals surface area (Å²) in [5.41, 5.74) is 1.81. The number of rotatable bonds is 0. The molecule has 0 radical (unpaired) electrons. The van der Waals surface area contributed by atoms with E-state index in [1.165, 1.54) is 0 Å². The first-order valence-electron chi connectivity index (χ1n) is 6.74. The molecular weight excluding hydrogens is 216 g/mol. The van der Waals surface area contributed by atoms with E-state index in [9.17, 15) is 0 Å². The highest BCUT2D eigenvalue weighted by Crippen LogP contribution is 2.44. The van der Waals surface area contributed by atoms with Gasteiger partial charge >= 0.3 is 0 Å². The predicted octanol–water partition coefficient (Wildman–Crippen LogP) is 2.70. The van der Waals surface area contributed by atoms with E-state index in [4.69, 9.17) is 14.2 Å². The number of epoxide rings is 1. The van der Waals surface area contributed by atoms with Gasteiger partial charge in [-0.25, -0.2) is 0 Å². The van der Waals surface area contributed by atoms with Gasteiger partial charge in [0.25, 0.3) is 0 Å². The zero-order chi connectivity index (χ0) is 12.1.